The molecule has 1 aromatic rings. The topological polar surface area (TPSA) is 32.8 Å². The van der Waals surface area contributed by atoms with Crippen LogP contribution in [0.25, 0.3) is 0 Å². The maximum Gasteiger partial charge on any atom is 0.176 e. The molecule has 0 N–H and O–H groups in total. The number of benzene rings is 1. The molecule has 0 aromatic heterocycles. The number of carbonyl (C=O) groups excluding carboxylic acids is 1. The summed E-state index contributed by atoms with van der Waals surface area (Å²) in [7, 11) is 1.42. The molecule has 4 nitrogen and oxygen atoms in total. The van der Waals surface area contributed by atoms with Gasteiger partial charge in [0.2, 0.25) is 0 Å². The van der Waals surface area contributed by atoms with Crippen LogP contribution in [0.1, 0.15) is 23.2 Å². The van der Waals surface area contributed by atoms with Gasteiger partial charge in [0.15, 0.2) is 17.3 Å². The molecule has 1 saturated heterocycles. The first-order valence-electron chi connectivity index (χ1n) is 7.50. The zero-order valence-corrected chi connectivity index (χ0v) is 12.3. The minimum absolute atomic E-state index is 0.0311. The largest absolute Gasteiger partial charge is 0.494 e. The molecule has 1 saturated carbocycles. The second kappa shape index (κ2) is 6.12. The Morgan fingerprint density at radius 3 is 2.57 bits per heavy atom. The first-order chi connectivity index (χ1) is 10.2. The Hall–Kier alpha value is -1.46. The Labute approximate surface area is 124 Å². The second-order valence-electron chi connectivity index (χ2n) is 5.82. The monoisotopic (exact) mass is 292 g/mol. The van der Waals surface area contributed by atoms with Gasteiger partial charge in [-0.2, -0.15) is 0 Å². The molecule has 0 radical (unpaired) electrons. The minimum Gasteiger partial charge on any atom is -0.494 e. The van der Waals surface area contributed by atoms with Crippen molar-refractivity contribution >= 4 is 5.78 Å². The number of Topliss-reactive ketones (excluding diaryl/α,β-unsaturated/α-hetero) is 1. The normalized spacial score (nSPS) is 20.5. The molecule has 1 aromatic carbocycles. The van der Waals surface area contributed by atoms with Gasteiger partial charge in [-0.3, -0.25) is 14.6 Å². The van der Waals surface area contributed by atoms with E-state index in [4.69, 9.17) is 4.74 Å². The van der Waals surface area contributed by atoms with Crippen molar-refractivity contribution in [2.45, 2.75) is 18.9 Å². The van der Waals surface area contributed by atoms with E-state index < -0.39 is 5.82 Å². The lowest BCUT2D eigenvalue weighted by atomic mass is 10.1. The first kappa shape index (κ1) is 14.5. The molecule has 0 spiro atoms. The number of methoxy groups -OCH3 is 1. The lowest BCUT2D eigenvalue weighted by molar-refractivity contribution is 0.0843. The number of piperazine rings is 1. The minimum atomic E-state index is -0.484. The average Bonchev–Trinajstić information content (AvgIpc) is 3.32. The highest BCUT2D eigenvalue weighted by Gasteiger charge is 2.31. The molecule has 0 amide bonds. The van der Waals surface area contributed by atoms with Crippen LogP contribution >= 0.6 is 0 Å². The number of halogens is 1. The molecule has 1 aliphatic heterocycles. The Morgan fingerprint density at radius 1 is 1.29 bits per heavy atom. The molecule has 5 heteroatoms. The van der Waals surface area contributed by atoms with E-state index in [1.807, 2.05) is 0 Å². The molecule has 2 fully saturated rings. The predicted molar refractivity (Wildman–Crippen MR) is 78.3 cm³/mol. The molecule has 1 aliphatic carbocycles. The number of nitrogens with zero attached hydrogens (tertiary/aromatic N) is 2. The number of rotatable bonds is 5. The van der Waals surface area contributed by atoms with Crippen molar-refractivity contribution in [3.8, 4) is 5.75 Å². The fraction of sp³-hybridized carbons (Fsp3) is 0.562. The van der Waals surface area contributed by atoms with Gasteiger partial charge in [-0.25, -0.2) is 4.39 Å². The quantitative estimate of drug-likeness (QED) is 0.775. The van der Waals surface area contributed by atoms with Crippen molar-refractivity contribution in [3.63, 3.8) is 0 Å². The van der Waals surface area contributed by atoms with E-state index in [9.17, 15) is 9.18 Å². The maximum atomic E-state index is 13.6. The van der Waals surface area contributed by atoms with Crippen molar-refractivity contribution < 1.29 is 13.9 Å². The Bertz CT molecular complexity index is 523. The van der Waals surface area contributed by atoms with Gasteiger partial charge in [0.25, 0.3) is 0 Å². The van der Waals surface area contributed by atoms with Crippen LogP contribution in [0, 0.1) is 5.82 Å². The summed E-state index contributed by atoms with van der Waals surface area (Å²) in [4.78, 5) is 16.9. The average molecular weight is 292 g/mol. The van der Waals surface area contributed by atoms with Crippen LogP contribution < -0.4 is 4.74 Å². The standard InChI is InChI=1S/C16H21FN2O2/c1-21-16-5-2-12(10-14(16)17)15(20)11-18-6-8-19(9-7-18)13-3-4-13/h2,5,10,13H,3-4,6-9,11H2,1H3. The van der Waals surface area contributed by atoms with E-state index in [2.05, 4.69) is 9.80 Å². The fourth-order valence-corrected chi connectivity index (χ4v) is 2.86. The molecule has 3 rings (SSSR count). The third-order valence-corrected chi connectivity index (χ3v) is 4.31. The Morgan fingerprint density at radius 2 is 2.00 bits per heavy atom. The number of hydrogen-bond acceptors (Lipinski definition) is 4. The molecule has 0 bridgehead atoms. The van der Waals surface area contributed by atoms with Gasteiger partial charge in [0.1, 0.15) is 0 Å². The van der Waals surface area contributed by atoms with Gasteiger partial charge >= 0.3 is 0 Å². The Balaban J connectivity index is 1.55. The predicted octanol–water partition coefficient (Wildman–Crippen LogP) is 1.80. The zero-order chi connectivity index (χ0) is 14.8. The first-order valence-corrected chi connectivity index (χ1v) is 7.50. The third kappa shape index (κ3) is 3.41. The van der Waals surface area contributed by atoms with Gasteiger partial charge in [0.05, 0.1) is 13.7 Å². The van der Waals surface area contributed by atoms with E-state index >= 15 is 0 Å². The summed E-state index contributed by atoms with van der Waals surface area (Å²) < 4.78 is 18.5. The van der Waals surface area contributed by atoms with Crippen LogP contribution in [-0.4, -0.2) is 61.5 Å². The van der Waals surface area contributed by atoms with Crippen molar-refractivity contribution in [1.82, 2.24) is 9.80 Å². The summed E-state index contributed by atoms with van der Waals surface area (Å²) in [5, 5.41) is 0. The molecule has 0 atom stereocenters. The Kier molecular flexibility index (Phi) is 4.22. The van der Waals surface area contributed by atoms with Crippen molar-refractivity contribution in [1.29, 1.82) is 0 Å². The zero-order valence-electron chi connectivity index (χ0n) is 12.3. The summed E-state index contributed by atoms with van der Waals surface area (Å²) in [6.07, 6.45) is 2.65. The van der Waals surface area contributed by atoms with Gasteiger partial charge in [-0.05, 0) is 31.0 Å². The highest BCUT2D eigenvalue weighted by atomic mass is 19.1. The fourth-order valence-electron chi connectivity index (χ4n) is 2.86. The van der Waals surface area contributed by atoms with Crippen LogP contribution in [0.15, 0.2) is 18.2 Å². The third-order valence-electron chi connectivity index (χ3n) is 4.31. The van der Waals surface area contributed by atoms with E-state index in [1.54, 1.807) is 6.07 Å². The van der Waals surface area contributed by atoms with E-state index in [-0.39, 0.29) is 11.5 Å². The molecular formula is C16H21FN2O2. The van der Waals surface area contributed by atoms with Crippen LogP contribution in [0.3, 0.4) is 0 Å². The molecule has 21 heavy (non-hydrogen) atoms. The van der Waals surface area contributed by atoms with Gasteiger partial charge in [-0.15, -0.1) is 0 Å². The molecule has 0 unspecified atom stereocenters. The van der Waals surface area contributed by atoms with E-state index in [1.165, 1.54) is 32.1 Å². The number of hydrogen-bond donors (Lipinski definition) is 0. The van der Waals surface area contributed by atoms with Crippen molar-refractivity contribution in [3.05, 3.63) is 29.6 Å². The molecule has 2 aliphatic rings. The summed E-state index contributed by atoms with van der Waals surface area (Å²) in [5.74, 6) is -0.345. The van der Waals surface area contributed by atoms with Gasteiger partial charge in [-0.1, -0.05) is 0 Å². The lowest BCUT2D eigenvalue weighted by Gasteiger charge is -2.34. The number of ether oxygens (including phenoxy) is 1. The van der Waals surface area contributed by atoms with Crippen LogP contribution in [0.4, 0.5) is 4.39 Å². The van der Waals surface area contributed by atoms with Gasteiger partial charge < -0.3 is 4.74 Å². The summed E-state index contributed by atoms with van der Waals surface area (Å²) in [6, 6.07) is 5.19. The highest BCUT2D eigenvalue weighted by Crippen LogP contribution is 2.27. The summed E-state index contributed by atoms with van der Waals surface area (Å²) >= 11 is 0. The highest BCUT2D eigenvalue weighted by molar-refractivity contribution is 5.97. The molecular weight excluding hydrogens is 271 g/mol. The van der Waals surface area contributed by atoms with Crippen molar-refractivity contribution in [2.75, 3.05) is 39.8 Å². The smallest absolute Gasteiger partial charge is 0.176 e. The van der Waals surface area contributed by atoms with E-state index in [0.717, 1.165) is 32.2 Å². The number of carbonyl (C=O) groups is 1. The SMILES string of the molecule is COc1ccc(C(=O)CN2CCN(C3CC3)CC2)cc1F. The van der Waals surface area contributed by atoms with Crippen LogP contribution in [-0.2, 0) is 0 Å². The van der Waals surface area contributed by atoms with Gasteiger partial charge in [0, 0.05) is 37.8 Å². The lowest BCUT2D eigenvalue weighted by Crippen LogP contribution is -2.48. The second-order valence-corrected chi connectivity index (χ2v) is 5.82. The summed E-state index contributed by atoms with van der Waals surface area (Å²) in [6.45, 7) is 4.27. The van der Waals surface area contributed by atoms with Crippen LogP contribution in [0.2, 0.25) is 0 Å². The maximum absolute atomic E-state index is 13.6. The molecule has 114 valence electrons. The summed E-state index contributed by atoms with van der Waals surface area (Å²) in [5.41, 5.74) is 0.415. The van der Waals surface area contributed by atoms with E-state index in [0.29, 0.717) is 12.1 Å². The number of ketones is 1. The molecule has 1 heterocycles. The van der Waals surface area contributed by atoms with Crippen LogP contribution in [0.5, 0.6) is 5.75 Å². The van der Waals surface area contributed by atoms with Crippen molar-refractivity contribution in [2.24, 2.45) is 0 Å².